The highest BCUT2D eigenvalue weighted by atomic mass is 35.5. The maximum atomic E-state index is 13.1. The molecule has 1 amide bonds. The molecule has 0 unspecified atom stereocenters. The number of halogens is 4. The molecule has 1 aliphatic heterocycles. The standard InChI is InChI=1S/C20H24ClF3N4O3S/c21-18-4-3-16(13-17(18)20(22,23)24)32(30,31)28-10-5-15(6-11-28)19(29)26-7-1-2-9-27-12-8-25-14-27/h3-4,8,12-15H,1-2,5-7,9-11H2,(H,26,29). The summed E-state index contributed by atoms with van der Waals surface area (Å²) in [6.07, 6.45) is 2.84. The molecule has 2 aromatic rings. The molecule has 1 fully saturated rings. The lowest BCUT2D eigenvalue weighted by atomic mass is 9.97. The van der Waals surface area contributed by atoms with Crippen LogP contribution >= 0.6 is 11.6 Å². The van der Waals surface area contributed by atoms with Crippen molar-refractivity contribution in [2.75, 3.05) is 19.6 Å². The van der Waals surface area contributed by atoms with Crippen LogP contribution in [0, 0.1) is 5.92 Å². The molecule has 0 atom stereocenters. The van der Waals surface area contributed by atoms with E-state index >= 15 is 0 Å². The molecule has 32 heavy (non-hydrogen) atoms. The van der Waals surface area contributed by atoms with Crippen molar-refractivity contribution in [2.45, 2.75) is 43.3 Å². The second-order valence-electron chi connectivity index (χ2n) is 7.62. The molecule has 0 aliphatic carbocycles. The molecule has 1 N–H and O–H groups in total. The van der Waals surface area contributed by atoms with Crippen molar-refractivity contribution >= 4 is 27.5 Å². The molecular formula is C20H24ClF3N4O3S. The number of rotatable bonds is 8. The van der Waals surface area contributed by atoms with Crippen LogP contribution in [0.5, 0.6) is 0 Å². The first-order chi connectivity index (χ1) is 15.1. The maximum absolute atomic E-state index is 13.1. The summed E-state index contributed by atoms with van der Waals surface area (Å²) < 4.78 is 67.9. The highest BCUT2D eigenvalue weighted by Gasteiger charge is 2.37. The van der Waals surface area contributed by atoms with Crippen molar-refractivity contribution in [1.82, 2.24) is 19.2 Å². The third-order valence-corrected chi connectivity index (χ3v) is 7.63. The predicted molar refractivity (Wildman–Crippen MR) is 112 cm³/mol. The Kier molecular flexibility index (Phi) is 7.84. The van der Waals surface area contributed by atoms with Gasteiger partial charge in [-0.05, 0) is 43.9 Å². The Bertz CT molecular complexity index is 1020. The summed E-state index contributed by atoms with van der Waals surface area (Å²) in [7, 11) is -4.12. The summed E-state index contributed by atoms with van der Waals surface area (Å²) in [6, 6.07) is 2.56. The van der Waals surface area contributed by atoms with Crippen LogP contribution in [-0.2, 0) is 27.5 Å². The van der Waals surface area contributed by atoms with Crippen LogP contribution in [0.25, 0.3) is 0 Å². The molecule has 1 aliphatic rings. The fourth-order valence-corrected chi connectivity index (χ4v) is 5.30. The Hall–Kier alpha value is -2.11. The monoisotopic (exact) mass is 492 g/mol. The quantitative estimate of drug-likeness (QED) is 0.571. The first-order valence-corrected chi connectivity index (χ1v) is 12.0. The van der Waals surface area contributed by atoms with E-state index in [1.807, 2.05) is 10.8 Å². The molecule has 0 saturated carbocycles. The van der Waals surface area contributed by atoms with Gasteiger partial charge in [0.05, 0.1) is 21.8 Å². The Labute approximate surface area is 189 Å². The lowest BCUT2D eigenvalue weighted by Gasteiger charge is -2.30. The normalized spacial score (nSPS) is 16.2. The van der Waals surface area contributed by atoms with Gasteiger partial charge in [-0.25, -0.2) is 13.4 Å². The topological polar surface area (TPSA) is 84.3 Å². The Morgan fingerprint density at radius 2 is 1.94 bits per heavy atom. The number of sulfonamides is 1. The number of hydrogen-bond acceptors (Lipinski definition) is 4. The van der Waals surface area contributed by atoms with Crippen LogP contribution in [0.1, 0.15) is 31.2 Å². The molecule has 1 aromatic heterocycles. The Morgan fingerprint density at radius 3 is 2.56 bits per heavy atom. The van der Waals surface area contributed by atoms with E-state index in [0.717, 1.165) is 35.8 Å². The molecule has 1 saturated heterocycles. The van der Waals surface area contributed by atoms with Gasteiger partial charge >= 0.3 is 6.18 Å². The molecule has 176 valence electrons. The van der Waals surface area contributed by atoms with E-state index in [9.17, 15) is 26.4 Å². The molecule has 12 heteroatoms. The van der Waals surface area contributed by atoms with Crippen molar-refractivity contribution in [3.8, 4) is 0 Å². The minimum Gasteiger partial charge on any atom is -0.356 e. The van der Waals surface area contributed by atoms with Gasteiger partial charge in [-0.2, -0.15) is 17.5 Å². The highest BCUT2D eigenvalue weighted by molar-refractivity contribution is 7.89. The minimum absolute atomic E-state index is 0.0605. The zero-order chi connectivity index (χ0) is 23.4. The van der Waals surface area contributed by atoms with Crippen molar-refractivity contribution in [3.05, 3.63) is 47.5 Å². The lowest BCUT2D eigenvalue weighted by Crippen LogP contribution is -2.43. The van der Waals surface area contributed by atoms with Crippen LogP contribution < -0.4 is 5.32 Å². The second-order valence-corrected chi connectivity index (χ2v) is 9.96. The van der Waals surface area contributed by atoms with Gasteiger partial charge in [0.25, 0.3) is 0 Å². The van der Waals surface area contributed by atoms with Gasteiger partial charge in [0.15, 0.2) is 0 Å². The molecule has 2 heterocycles. The number of aryl methyl sites for hydroxylation is 1. The van der Waals surface area contributed by atoms with E-state index in [4.69, 9.17) is 11.6 Å². The number of nitrogens with one attached hydrogen (secondary N) is 1. The van der Waals surface area contributed by atoms with Crippen molar-refractivity contribution in [3.63, 3.8) is 0 Å². The van der Waals surface area contributed by atoms with Gasteiger partial charge in [-0.3, -0.25) is 4.79 Å². The molecule has 0 radical (unpaired) electrons. The van der Waals surface area contributed by atoms with Crippen molar-refractivity contribution < 1.29 is 26.4 Å². The summed E-state index contributed by atoms with van der Waals surface area (Å²) in [6.45, 7) is 1.46. The molecule has 0 spiro atoms. The number of alkyl halides is 3. The van der Waals surface area contributed by atoms with Crippen LogP contribution in [0.15, 0.2) is 41.8 Å². The average Bonchev–Trinajstić information content (AvgIpc) is 3.26. The number of unbranched alkanes of at least 4 members (excludes halogenated alkanes) is 1. The van der Waals surface area contributed by atoms with Gasteiger partial charge in [0, 0.05) is 44.5 Å². The first-order valence-electron chi connectivity index (χ1n) is 10.2. The van der Waals surface area contributed by atoms with Crippen molar-refractivity contribution in [2.24, 2.45) is 5.92 Å². The molecule has 3 rings (SSSR count). The van der Waals surface area contributed by atoms with Gasteiger partial charge in [0.1, 0.15) is 0 Å². The minimum atomic E-state index is -4.76. The fourth-order valence-electron chi connectivity index (χ4n) is 3.58. The van der Waals surface area contributed by atoms with E-state index in [1.54, 1.807) is 12.5 Å². The molecule has 7 nitrogen and oxygen atoms in total. The SMILES string of the molecule is O=C(NCCCCn1ccnc1)C1CCN(S(=O)(=O)c2ccc(Cl)c(C(F)(F)F)c2)CC1. The maximum Gasteiger partial charge on any atom is 0.417 e. The third-order valence-electron chi connectivity index (χ3n) is 5.41. The van der Waals surface area contributed by atoms with Crippen molar-refractivity contribution in [1.29, 1.82) is 0 Å². The van der Waals surface area contributed by atoms with E-state index in [2.05, 4.69) is 10.3 Å². The zero-order valence-corrected chi connectivity index (χ0v) is 18.8. The Balaban J connectivity index is 1.49. The van der Waals surface area contributed by atoms with Gasteiger partial charge < -0.3 is 9.88 Å². The fraction of sp³-hybridized carbons (Fsp3) is 0.500. The van der Waals surface area contributed by atoms with Gasteiger partial charge in [-0.1, -0.05) is 11.6 Å². The van der Waals surface area contributed by atoms with E-state index in [0.29, 0.717) is 25.5 Å². The first kappa shape index (κ1) is 24.5. The van der Waals surface area contributed by atoms with Crippen LogP contribution in [-0.4, -0.2) is 47.8 Å². The van der Waals surface area contributed by atoms with Gasteiger partial charge in [-0.15, -0.1) is 0 Å². The number of amides is 1. The number of piperidine rings is 1. The molecule has 1 aromatic carbocycles. The van der Waals surface area contributed by atoms with Crippen LogP contribution in [0.4, 0.5) is 13.2 Å². The van der Waals surface area contributed by atoms with E-state index in [1.165, 1.54) is 0 Å². The number of aromatic nitrogens is 2. The largest absolute Gasteiger partial charge is 0.417 e. The number of hydrogen-bond donors (Lipinski definition) is 1. The smallest absolute Gasteiger partial charge is 0.356 e. The van der Waals surface area contributed by atoms with E-state index in [-0.39, 0.29) is 24.9 Å². The average molecular weight is 493 g/mol. The second kappa shape index (κ2) is 10.2. The van der Waals surface area contributed by atoms with E-state index < -0.39 is 31.7 Å². The highest BCUT2D eigenvalue weighted by Crippen LogP contribution is 2.36. The molecule has 0 bridgehead atoms. The number of carbonyl (C=O) groups excluding carboxylic acids is 1. The number of benzene rings is 1. The summed E-state index contributed by atoms with van der Waals surface area (Å²) in [5.74, 6) is -0.457. The van der Waals surface area contributed by atoms with Gasteiger partial charge in [0.2, 0.25) is 15.9 Å². The predicted octanol–water partition coefficient (Wildman–Crippen LogP) is 3.55. The summed E-state index contributed by atoms with van der Waals surface area (Å²) >= 11 is 5.58. The lowest BCUT2D eigenvalue weighted by molar-refractivity contribution is -0.137. The number of carbonyl (C=O) groups is 1. The summed E-state index contributed by atoms with van der Waals surface area (Å²) in [5, 5.41) is 2.32. The summed E-state index contributed by atoms with van der Waals surface area (Å²) in [4.78, 5) is 15.9. The molecular weight excluding hydrogens is 469 g/mol. The zero-order valence-electron chi connectivity index (χ0n) is 17.2. The number of nitrogens with zero attached hydrogens (tertiary/aromatic N) is 3. The third kappa shape index (κ3) is 6.02. The Morgan fingerprint density at radius 1 is 1.22 bits per heavy atom. The van der Waals surface area contributed by atoms with Crippen LogP contribution in [0.3, 0.4) is 0 Å². The summed E-state index contributed by atoms with van der Waals surface area (Å²) in [5.41, 5.74) is -1.19. The van der Waals surface area contributed by atoms with Crippen LogP contribution in [0.2, 0.25) is 5.02 Å². The number of imidazole rings is 1.